The Labute approximate surface area is 167 Å². The van der Waals surface area contributed by atoms with E-state index in [0.29, 0.717) is 30.8 Å². The van der Waals surface area contributed by atoms with Crippen LogP contribution in [0.3, 0.4) is 0 Å². The van der Waals surface area contributed by atoms with Crippen LogP contribution in [0.25, 0.3) is 0 Å². The molecule has 2 unspecified atom stereocenters. The fraction of sp³-hybridized carbons (Fsp3) is 0.471. The molecule has 13 heteroatoms. The molecule has 1 aliphatic heterocycles. The van der Waals surface area contributed by atoms with Gasteiger partial charge in [-0.15, -0.1) is 0 Å². The summed E-state index contributed by atoms with van der Waals surface area (Å²) in [6, 6.07) is 0.613. The van der Waals surface area contributed by atoms with Gasteiger partial charge in [-0.3, -0.25) is 20.2 Å². The average Bonchev–Trinajstić information content (AvgIpc) is 3.11. The number of halogens is 3. The maximum absolute atomic E-state index is 13.1. The molecule has 1 aromatic carbocycles. The minimum Gasteiger partial charge on any atom is -0.385 e. The molecule has 3 rings (SSSR count). The van der Waals surface area contributed by atoms with Gasteiger partial charge in [0.05, 0.1) is 15.4 Å². The fourth-order valence-electron chi connectivity index (χ4n) is 3.71. The first-order valence-electron chi connectivity index (χ1n) is 8.95. The minimum atomic E-state index is -4.98. The van der Waals surface area contributed by atoms with Gasteiger partial charge in [-0.2, -0.15) is 13.2 Å². The zero-order valence-electron chi connectivity index (χ0n) is 15.7. The molecule has 1 saturated heterocycles. The molecular weight excluding hydrogens is 411 g/mol. The molecule has 0 spiro atoms. The van der Waals surface area contributed by atoms with Crippen molar-refractivity contribution in [3.63, 3.8) is 0 Å². The third kappa shape index (κ3) is 4.06. The van der Waals surface area contributed by atoms with Gasteiger partial charge in [0.25, 0.3) is 11.4 Å². The van der Waals surface area contributed by atoms with Gasteiger partial charge in [0, 0.05) is 50.6 Å². The summed E-state index contributed by atoms with van der Waals surface area (Å²) in [7, 11) is 1.68. The number of aliphatic hydroxyl groups is 1. The number of benzene rings is 1. The van der Waals surface area contributed by atoms with E-state index in [1.807, 2.05) is 0 Å². The van der Waals surface area contributed by atoms with Gasteiger partial charge < -0.3 is 14.6 Å². The van der Waals surface area contributed by atoms with Crippen molar-refractivity contribution in [3.8, 4) is 0 Å². The lowest BCUT2D eigenvalue weighted by Gasteiger charge is -2.35. The Bertz CT molecular complexity index is 942. The lowest BCUT2D eigenvalue weighted by molar-refractivity contribution is -0.393. The number of aryl methyl sites for hydroxylation is 1. The SMILES string of the molecule is Cn1ccnc1C(O)C1CCCN(c2c([N+](=O)[O-])cc(C(F)(F)F)cc2[N+](=O)[O-])C1. The normalized spacial score (nSPS) is 18.3. The molecule has 1 N–H and O–H groups in total. The first-order chi connectivity index (χ1) is 14.0. The van der Waals surface area contributed by atoms with Crippen LogP contribution in [0.1, 0.15) is 30.3 Å². The van der Waals surface area contributed by atoms with Gasteiger partial charge in [-0.1, -0.05) is 0 Å². The van der Waals surface area contributed by atoms with Crippen LogP contribution in [0.2, 0.25) is 0 Å². The van der Waals surface area contributed by atoms with Gasteiger partial charge in [-0.05, 0) is 12.8 Å². The lowest BCUT2D eigenvalue weighted by Crippen LogP contribution is -2.39. The van der Waals surface area contributed by atoms with E-state index >= 15 is 0 Å². The van der Waals surface area contributed by atoms with Crippen LogP contribution in [0.15, 0.2) is 24.5 Å². The van der Waals surface area contributed by atoms with E-state index in [4.69, 9.17) is 0 Å². The topological polar surface area (TPSA) is 128 Å². The molecule has 2 atom stereocenters. The van der Waals surface area contributed by atoms with Crippen molar-refractivity contribution >= 4 is 17.1 Å². The van der Waals surface area contributed by atoms with Crippen molar-refractivity contribution in [1.29, 1.82) is 0 Å². The van der Waals surface area contributed by atoms with E-state index in [1.54, 1.807) is 17.8 Å². The molecular formula is C17H18F3N5O5. The number of aliphatic hydroxyl groups excluding tert-OH is 1. The summed E-state index contributed by atoms with van der Waals surface area (Å²) in [5.74, 6) is -0.111. The largest absolute Gasteiger partial charge is 0.416 e. The number of piperidine rings is 1. The van der Waals surface area contributed by atoms with Gasteiger partial charge >= 0.3 is 6.18 Å². The summed E-state index contributed by atoms with van der Waals surface area (Å²) in [6.07, 6.45) is -1.95. The van der Waals surface area contributed by atoms with E-state index in [-0.39, 0.29) is 13.1 Å². The van der Waals surface area contributed by atoms with Crippen LogP contribution in [-0.2, 0) is 13.2 Å². The molecule has 1 aliphatic rings. The highest BCUT2D eigenvalue weighted by atomic mass is 19.4. The molecule has 0 saturated carbocycles. The van der Waals surface area contributed by atoms with Crippen LogP contribution < -0.4 is 4.90 Å². The Morgan fingerprint density at radius 2 is 1.83 bits per heavy atom. The zero-order chi connectivity index (χ0) is 22.2. The van der Waals surface area contributed by atoms with Crippen molar-refractivity contribution in [2.45, 2.75) is 25.1 Å². The summed E-state index contributed by atoms with van der Waals surface area (Å²) in [5, 5.41) is 33.6. The molecule has 0 aliphatic carbocycles. The van der Waals surface area contributed by atoms with Crippen LogP contribution in [0.5, 0.6) is 0 Å². The molecule has 10 nitrogen and oxygen atoms in total. The van der Waals surface area contributed by atoms with Crippen LogP contribution >= 0.6 is 0 Å². The Morgan fingerprint density at radius 3 is 2.30 bits per heavy atom. The number of anilines is 1. The molecule has 0 amide bonds. The van der Waals surface area contributed by atoms with Crippen LogP contribution in [-0.4, -0.2) is 37.6 Å². The predicted molar refractivity (Wildman–Crippen MR) is 97.9 cm³/mol. The van der Waals surface area contributed by atoms with Crippen molar-refractivity contribution in [3.05, 3.63) is 56.1 Å². The van der Waals surface area contributed by atoms with E-state index in [9.17, 15) is 38.5 Å². The zero-order valence-corrected chi connectivity index (χ0v) is 15.7. The standard InChI is InChI=1S/C17H18F3N5O5/c1-22-6-4-21-16(22)15(26)10-3-2-5-23(9-10)14-12(24(27)28)7-11(17(18,19)20)8-13(14)25(29)30/h4,6-8,10,15,26H,2-3,5,9H2,1H3. The quantitative estimate of drug-likeness (QED) is 0.571. The van der Waals surface area contributed by atoms with Gasteiger partial charge in [-0.25, -0.2) is 4.98 Å². The molecule has 0 bridgehead atoms. The molecule has 2 aromatic rings. The Balaban J connectivity index is 2.04. The first kappa shape index (κ1) is 21.5. The van der Waals surface area contributed by atoms with Crippen molar-refractivity contribution in [2.24, 2.45) is 13.0 Å². The first-order valence-corrected chi connectivity index (χ1v) is 8.95. The number of nitro benzene ring substituents is 2. The molecule has 1 fully saturated rings. The summed E-state index contributed by atoms with van der Waals surface area (Å²) in [4.78, 5) is 26.2. The number of nitro groups is 2. The highest BCUT2D eigenvalue weighted by Crippen LogP contribution is 2.44. The number of hydrogen-bond donors (Lipinski definition) is 1. The number of imidazole rings is 1. The van der Waals surface area contributed by atoms with Crippen LogP contribution in [0, 0.1) is 26.1 Å². The summed E-state index contributed by atoms with van der Waals surface area (Å²) < 4.78 is 40.9. The second kappa shape index (κ2) is 7.89. The molecule has 30 heavy (non-hydrogen) atoms. The second-order valence-electron chi connectivity index (χ2n) is 7.06. The predicted octanol–water partition coefficient (Wildman–Crippen LogP) is 3.21. The number of nitrogens with zero attached hydrogens (tertiary/aromatic N) is 5. The number of aromatic nitrogens is 2. The Hall–Kier alpha value is -3.22. The smallest absolute Gasteiger partial charge is 0.385 e. The van der Waals surface area contributed by atoms with Gasteiger partial charge in [0.2, 0.25) is 0 Å². The van der Waals surface area contributed by atoms with E-state index in [2.05, 4.69) is 4.98 Å². The van der Waals surface area contributed by atoms with Crippen molar-refractivity contribution in [2.75, 3.05) is 18.0 Å². The van der Waals surface area contributed by atoms with Gasteiger partial charge in [0.1, 0.15) is 11.9 Å². The van der Waals surface area contributed by atoms with E-state index in [0.717, 1.165) is 0 Å². The number of hydrogen-bond acceptors (Lipinski definition) is 7. The van der Waals surface area contributed by atoms with Crippen molar-refractivity contribution < 1.29 is 28.1 Å². The Morgan fingerprint density at radius 1 is 1.23 bits per heavy atom. The third-order valence-electron chi connectivity index (χ3n) is 5.13. The lowest BCUT2D eigenvalue weighted by atomic mass is 9.91. The summed E-state index contributed by atoms with van der Waals surface area (Å²) in [6.45, 7) is 0.151. The van der Waals surface area contributed by atoms with Crippen molar-refractivity contribution in [1.82, 2.24) is 9.55 Å². The third-order valence-corrected chi connectivity index (χ3v) is 5.13. The highest BCUT2D eigenvalue weighted by molar-refractivity contribution is 5.76. The van der Waals surface area contributed by atoms with Crippen LogP contribution in [0.4, 0.5) is 30.2 Å². The average molecular weight is 429 g/mol. The summed E-state index contributed by atoms with van der Waals surface area (Å²) in [5.41, 5.74) is -3.95. The number of rotatable bonds is 5. The molecule has 1 aromatic heterocycles. The molecule has 2 heterocycles. The monoisotopic (exact) mass is 429 g/mol. The van der Waals surface area contributed by atoms with E-state index < -0.39 is 50.7 Å². The minimum absolute atomic E-state index is 0.0128. The maximum atomic E-state index is 13.1. The molecule has 162 valence electrons. The number of alkyl halides is 3. The molecule has 0 radical (unpaired) electrons. The fourth-order valence-corrected chi connectivity index (χ4v) is 3.71. The Kier molecular flexibility index (Phi) is 5.65. The highest BCUT2D eigenvalue weighted by Gasteiger charge is 2.41. The van der Waals surface area contributed by atoms with E-state index in [1.165, 1.54) is 11.1 Å². The second-order valence-corrected chi connectivity index (χ2v) is 7.06. The van der Waals surface area contributed by atoms with Gasteiger partial charge in [0.15, 0.2) is 5.69 Å². The maximum Gasteiger partial charge on any atom is 0.416 e. The summed E-state index contributed by atoms with van der Waals surface area (Å²) >= 11 is 0.